The van der Waals surface area contributed by atoms with Crippen LogP contribution >= 0.6 is 0 Å². The normalized spacial score (nSPS) is 28.2. The first-order chi connectivity index (χ1) is 16.0. The molecule has 0 radical (unpaired) electrons. The Hall–Kier alpha value is -3.40. The third-order valence-electron chi connectivity index (χ3n) is 7.63. The van der Waals surface area contributed by atoms with Crippen molar-refractivity contribution in [3.63, 3.8) is 0 Å². The molecule has 4 heteroatoms. The summed E-state index contributed by atoms with van der Waals surface area (Å²) in [6.45, 7) is 2.16. The molecule has 4 nitrogen and oxygen atoms in total. The van der Waals surface area contributed by atoms with E-state index in [-0.39, 0.29) is 22.8 Å². The Bertz CT molecular complexity index is 1120. The highest BCUT2D eigenvalue weighted by Gasteiger charge is 2.62. The van der Waals surface area contributed by atoms with E-state index in [4.69, 9.17) is 9.47 Å². The number of carbonyl (C=O) groups is 2. The van der Waals surface area contributed by atoms with Crippen molar-refractivity contribution in [2.45, 2.75) is 50.2 Å². The topological polar surface area (TPSA) is 52.6 Å². The maximum Gasteiger partial charge on any atom is 0.338 e. The second-order valence-corrected chi connectivity index (χ2v) is 9.56. The lowest BCUT2D eigenvalue weighted by atomic mass is 9.49. The molecule has 0 aliphatic heterocycles. The molecule has 0 saturated heterocycles. The zero-order valence-electron chi connectivity index (χ0n) is 18.8. The van der Waals surface area contributed by atoms with Crippen molar-refractivity contribution < 1.29 is 19.1 Å². The summed E-state index contributed by atoms with van der Waals surface area (Å²) in [7, 11) is 0. The number of esters is 2. The van der Waals surface area contributed by atoms with Gasteiger partial charge in [-0.25, -0.2) is 9.59 Å². The molecule has 3 aromatic rings. The molecule has 2 bridgehead atoms. The Morgan fingerprint density at radius 3 is 1.55 bits per heavy atom. The van der Waals surface area contributed by atoms with Crippen molar-refractivity contribution in [3.05, 3.63) is 108 Å². The molecule has 3 aliphatic carbocycles. The molecule has 0 N–H and O–H groups in total. The summed E-state index contributed by atoms with van der Waals surface area (Å²) in [6.07, 6.45) is 2.51. The summed E-state index contributed by atoms with van der Waals surface area (Å²) in [5.74, 6) is -0.758. The molecule has 3 saturated carbocycles. The molecule has 0 amide bonds. The number of fused-ring (bicyclic) bond motifs is 3. The lowest BCUT2D eigenvalue weighted by Crippen LogP contribution is -2.64. The Labute approximate surface area is 194 Å². The molecule has 3 aromatic carbocycles. The highest BCUT2D eigenvalue weighted by molar-refractivity contribution is 5.90. The van der Waals surface area contributed by atoms with Gasteiger partial charge in [0.2, 0.25) is 0 Å². The van der Waals surface area contributed by atoms with E-state index < -0.39 is 12.2 Å². The number of hydrogen-bond acceptors (Lipinski definition) is 4. The summed E-state index contributed by atoms with van der Waals surface area (Å²) in [4.78, 5) is 26.3. The van der Waals surface area contributed by atoms with Crippen LogP contribution in [0.4, 0.5) is 0 Å². The van der Waals surface area contributed by atoms with Gasteiger partial charge in [0.05, 0.1) is 11.1 Å². The molecule has 0 heterocycles. The molecule has 3 fully saturated rings. The number of benzene rings is 3. The Morgan fingerprint density at radius 1 is 0.636 bits per heavy atom. The smallest absolute Gasteiger partial charge is 0.338 e. The second kappa shape index (κ2) is 8.51. The largest absolute Gasteiger partial charge is 0.454 e. The van der Waals surface area contributed by atoms with Crippen LogP contribution in [0.5, 0.6) is 0 Å². The molecule has 0 aromatic heterocycles. The van der Waals surface area contributed by atoms with Crippen molar-refractivity contribution in [3.8, 4) is 0 Å². The minimum atomic E-state index is -0.562. The predicted octanol–water partition coefficient (Wildman–Crippen LogP) is 5.97. The number of ether oxygens (including phenoxy) is 2. The van der Waals surface area contributed by atoms with E-state index in [9.17, 15) is 9.59 Å². The lowest BCUT2D eigenvalue weighted by Gasteiger charge is -2.59. The SMILES string of the molecule is CC12CCC(c3ccccc3)(CC1)C(OC(=O)c1ccccc1)C2OC(=O)c1ccccc1. The van der Waals surface area contributed by atoms with E-state index in [2.05, 4.69) is 19.1 Å². The third kappa shape index (κ3) is 3.84. The van der Waals surface area contributed by atoms with Gasteiger partial charge in [-0.2, -0.15) is 0 Å². The zero-order chi connectivity index (χ0) is 22.9. The standard InChI is InChI=1S/C29H28O4/c1-28-17-19-29(20-18-28,23-15-9-4-10-16-23)25(33-27(31)22-13-7-3-8-14-22)24(28)32-26(30)21-11-5-2-6-12-21/h2-16,24-25H,17-20H2,1H3. The quantitative estimate of drug-likeness (QED) is 0.459. The summed E-state index contributed by atoms with van der Waals surface area (Å²) in [5, 5.41) is 0. The Morgan fingerprint density at radius 2 is 1.06 bits per heavy atom. The van der Waals surface area contributed by atoms with Crippen molar-refractivity contribution in [2.75, 3.05) is 0 Å². The lowest BCUT2D eigenvalue weighted by molar-refractivity contribution is -0.170. The predicted molar refractivity (Wildman–Crippen MR) is 126 cm³/mol. The number of rotatable bonds is 5. The van der Waals surface area contributed by atoms with Crippen molar-refractivity contribution >= 4 is 11.9 Å². The van der Waals surface area contributed by atoms with E-state index in [0.29, 0.717) is 11.1 Å². The first kappa shape index (κ1) is 21.4. The third-order valence-corrected chi connectivity index (χ3v) is 7.63. The van der Waals surface area contributed by atoms with Gasteiger partial charge in [-0.05, 0) is 55.5 Å². The minimum absolute atomic E-state index is 0.247. The highest BCUT2D eigenvalue weighted by atomic mass is 16.6. The Kier molecular flexibility index (Phi) is 5.53. The van der Waals surface area contributed by atoms with E-state index >= 15 is 0 Å². The highest BCUT2D eigenvalue weighted by Crippen LogP contribution is 2.59. The van der Waals surface area contributed by atoms with Crippen LogP contribution in [-0.4, -0.2) is 24.1 Å². The van der Waals surface area contributed by atoms with Gasteiger partial charge in [-0.3, -0.25) is 0 Å². The van der Waals surface area contributed by atoms with Crippen molar-refractivity contribution in [1.29, 1.82) is 0 Å². The molecule has 2 atom stereocenters. The summed E-state index contributed by atoms with van der Waals surface area (Å²) >= 11 is 0. The number of hydrogen-bond donors (Lipinski definition) is 0. The molecule has 6 rings (SSSR count). The maximum absolute atomic E-state index is 13.2. The van der Waals surface area contributed by atoms with E-state index in [0.717, 1.165) is 31.2 Å². The molecule has 168 valence electrons. The van der Waals surface area contributed by atoms with Crippen molar-refractivity contribution in [2.24, 2.45) is 5.41 Å². The van der Waals surface area contributed by atoms with Gasteiger partial charge >= 0.3 is 11.9 Å². The summed E-state index contributed by atoms with van der Waals surface area (Å²) in [6, 6.07) is 28.3. The minimum Gasteiger partial charge on any atom is -0.454 e. The van der Waals surface area contributed by atoms with Crippen molar-refractivity contribution in [1.82, 2.24) is 0 Å². The average molecular weight is 441 g/mol. The van der Waals surface area contributed by atoms with Gasteiger partial charge in [0, 0.05) is 10.8 Å². The fraction of sp³-hybridized carbons (Fsp3) is 0.310. The van der Waals surface area contributed by atoms with Crippen LogP contribution in [0.2, 0.25) is 0 Å². The zero-order valence-corrected chi connectivity index (χ0v) is 18.8. The maximum atomic E-state index is 13.2. The van der Waals surface area contributed by atoms with Crippen LogP contribution in [0.3, 0.4) is 0 Å². The van der Waals surface area contributed by atoms with Gasteiger partial charge in [-0.1, -0.05) is 73.7 Å². The van der Waals surface area contributed by atoms with E-state index in [1.54, 1.807) is 24.3 Å². The van der Waals surface area contributed by atoms with Crippen LogP contribution in [0, 0.1) is 5.41 Å². The molecular weight excluding hydrogens is 412 g/mol. The van der Waals surface area contributed by atoms with Crippen LogP contribution in [0.25, 0.3) is 0 Å². The molecule has 33 heavy (non-hydrogen) atoms. The van der Waals surface area contributed by atoms with Crippen LogP contribution in [0.1, 0.15) is 58.9 Å². The fourth-order valence-corrected chi connectivity index (χ4v) is 5.61. The van der Waals surface area contributed by atoms with Crippen LogP contribution < -0.4 is 0 Å². The average Bonchev–Trinajstić information content (AvgIpc) is 2.87. The fourth-order valence-electron chi connectivity index (χ4n) is 5.61. The van der Waals surface area contributed by atoms with Gasteiger partial charge < -0.3 is 9.47 Å². The molecule has 2 unspecified atom stereocenters. The summed E-state index contributed by atoms with van der Waals surface area (Å²) < 4.78 is 12.5. The number of carbonyl (C=O) groups excluding carboxylic acids is 2. The van der Waals surface area contributed by atoms with Gasteiger partial charge in [0.15, 0.2) is 0 Å². The first-order valence-corrected chi connectivity index (χ1v) is 11.6. The van der Waals surface area contributed by atoms with Gasteiger partial charge in [0.1, 0.15) is 12.2 Å². The monoisotopic (exact) mass is 440 g/mol. The molecule has 0 spiro atoms. The van der Waals surface area contributed by atoms with Gasteiger partial charge in [-0.15, -0.1) is 0 Å². The first-order valence-electron chi connectivity index (χ1n) is 11.6. The second-order valence-electron chi connectivity index (χ2n) is 9.56. The van der Waals surface area contributed by atoms with Gasteiger partial charge in [0.25, 0.3) is 0 Å². The van der Waals surface area contributed by atoms with Crippen LogP contribution in [0.15, 0.2) is 91.0 Å². The molecular formula is C29H28O4. The van der Waals surface area contributed by atoms with Crippen LogP contribution in [-0.2, 0) is 14.9 Å². The Balaban J connectivity index is 1.54. The summed E-state index contributed by atoms with van der Waals surface area (Å²) in [5.41, 5.74) is 1.51. The van der Waals surface area contributed by atoms with E-state index in [1.807, 2.05) is 54.6 Å². The molecule has 3 aliphatic rings. The van der Waals surface area contributed by atoms with E-state index in [1.165, 1.54) is 0 Å².